The second-order valence-corrected chi connectivity index (χ2v) is 6.65. The van der Waals surface area contributed by atoms with Gasteiger partial charge in [-0.3, -0.25) is 4.90 Å². The lowest BCUT2D eigenvalue weighted by molar-refractivity contribution is -0.148. The molecular formula is C15H29F3N2. The predicted molar refractivity (Wildman–Crippen MR) is 76.8 cm³/mol. The van der Waals surface area contributed by atoms with E-state index in [1.165, 1.54) is 0 Å². The molecule has 0 amide bonds. The van der Waals surface area contributed by atoms with Gasteiger partial charge in [-0.25, -0.2) is 0 Å². The molecule has 1 fully saturated rings. The van der Waals surface area contributed by atoms with Gasteiger partial charge in [0.15, 0.2) is 0 Å². The summed E-state index contributed by atoms with van der Waals surface area (Å²) in [6.45, 7) is 8.14. The maximum Gasteiger partial charge on any atom is 0.401 e. The van der Waals surface area contributed by atoms with Crippen molar-refractivity contribution in [3.05, 3.63) is 0 Å². The molecule has 0 radical (unpaired) electrons. The fourth-order valence-electron chi connectivity index (χ4n) is 3.15. The van der Waals surface area contributed by atoms with E-state index in [1.807, 2.05) is 6.92 Å². The third-order valence-electron chi connectivity index (χ3n) is 4.13. The molecule has 0 heterocycles. The molecule has 120 valence electrons. The highest BCUT2D eigenvalue weighted by Gasteiger charge is 2.38. The molecule has 0 spiro atoms. The first kappa shape index (κ1) is 17.8. The highest BCUT2D eigenvalue weighted by atomic mass is 19.4. The SMILES string of the molecule is CCN(CC(F)(F)F)CC1(CNCC(C)C)CCCC1. The lowest BCUT2D eigenvalue weighted by Gasteiger charge is -2.36. The minimum Gasteiger partial charge on any atom is -0.316 e. The van der Waals surface area contributed by atoms with Crippen molar-refractivity contribution >= 4 is 0 Å². The fourth-order valence-corrected chi connectivity index (χ4v) is 3.15. The fraction of sp³-hybridized carbons (Fsp3) is 1.00. The molecule has 0 aliphatic heterocycles. The second-order valence-electron chi connectivity index (χ2n) is 6.65. The molecule has 0 bridgehead atoms. The second kappa shape index (κ2) is 7.64. The quantitative estimate of drug-likeness (QED) is 0.734. The maximum absolute atomic E-state index is 12.6. The molecule has 0 unspecified atom stereocenters. The normalized spacial score (nSPS) is 19.2. The average molecular weight is 294 g/mol. The summed E-state index contributed by atoms with van der Waals surface area (Å²) in [6, 6.07) is 0. The van der Waals surface area contributed by atoms with Crippen LogP contribution in [0.1, 0.15) is 46.5 Å². The zero-order chi connectivity index (χ0) is 15.2. The van der Waals surface area contributed by atoms with Gasteiger partial charge in [-0.2, -0.15) is 13.2 Å². The molecule has 0 aromatic carbocycles. The molecule has 0 atom stereocenters. The van der Waals surface area contributed by atoms with Crippen LogP contribution in [0.4, 0.5) is 13.2 Å². The molecule has 1 saturated carbocycles. The van der Waals surface area contributed by atoms with Crippen LogP contribution in [0.2, 0.25) is 0 Å². The third kappa shape index (κ3) is 6.44. The number of rotatable bonds is 8. The van der Waals surface area contributed by atoms with Crippen molar-refractivity contribution < 1.29 is 13.2 Å². The van der Waals surface area contributed by atoms with Gasteiger partial charge in [0.05, 0.1) is 6.54 Å². The minimum atomic E-state index is -4.10. The Kier molecular flexibility index (Phi) is 6.79. The van der Waals surface area contributed by atoms with E-state index in [1.54, 1.807) is 4.90 Å². The van der Waals surface area contributed by atoms with Crippen LogP contribution in [0.25, 0.3) is 0 Å². The molecule has 1 rings (SSSR count). The number of hydrogen-bond donors (Lipinski definition) is 1. The van der Waals surface area contributed by atoms with Gasteiger partial charge in [-0.15, -0.1) is 0 Å². The Hall–Kier alpha value is -0.290. The Balaban J connectivity index is 2.55. The Morgan fingerprint density at radius 2 is 1.80 bits per heavy atom. The van der Waals surface area contributed by atoms with Crippen molar-refractivity contribution in [1.82, 2.24) is 10.2 Å². The van der Waals surface area contributed by atoms with Gasteiger partial charge in [0, 0.05) is 13.1 Å². The highest BCUT2D eigenvalue weighted by molar-refractivity contribution is 4.89. The number of hydrogen-bond acceptors (Lipinski definition) is 2. The van der Waals surface area contributed by atoms with Crippen molar-refractivity contribution in [2.24, 2.45) is 11.3 Å². The minimum absolute atomic E-state index is 0.0378. The molecule has 1 aliphatic carbocycles. The number of nitrogens with one attached hydrogen (secondary N) is 1. The van der Waals surface area contributed by atoms with Crippen molar-refractivity contribution in [3.63, 3.8) is 0 Å². The Labute approximate surface area is 121 Å². The standard InChI is InChI=1S/C15H29F3N2/c1-4-20(12-15(16,17)18)11-14(7-5-6-8-14)10-19-9-13(2)3/h13,19H,4-12H2,1-3H3. The van der Waals surface area contributed by atoms with E-state index in [0.29, 0.717) is 19.0 Å². The van der Waals surface area contributed by atoms with Gasteiger partial charge in [0.25, 0.3) is 0 Å². The molecule has 20 heavy (non-hydrogen) atoms. The topological polar surface area (TPSA) is 15.3 Å². The van der Waals surface area contributed by atoms with E-state index in [2.05, 4.69) is 19.2 Å². The van der Waals surface area contributed by atoms with E-state index < -0.39 is 12.7 Å². The average Bonchev–Trinajstić information content (AvgIpc) is 2.74. The van der Waals surface area contributed by atoms with Gasteiger partial charge in [0.2, 0.25) is 0 Å². The number of nitrogens with zero attached hydrogens (tertiary/aromatic N) is 1. The van der Waals surface area contributed by atoms with Crippen LogP contribution in [0.15, 0.2) is 0 Å². The van der Waals surface area contributed by atoms with E-state index in [-0.39, 0.29) is 5.41 Å². The molecule has 0 aromatic rings. The summed E-state index contributed by atoms with van der Waals surface area (Å²) in [5.74, 6) is 0.575. The largest absolute Gasteiger partial charge is 0.401 e. The van der Waals surface area contributed by atoms with Gasteiger partial charge < -0.3 is 5.32 Å². The summed E-state index contributed by atoms with van der Waals surface area (Å²) in [5, 5.41) is 3.45. The third-order valence-corrected chi connectivity index (χ3v) is 4.13. The van der Waals surface area contributed by atoms with Crippen LogP contribution in [0.3, 0.4) is 0 Å². The van der Waals surface area contributed by atoms with Crippen LogP contribution in [-0.4, -0.2) is 43.8 Å². The summed E-state index contributed by atoms with van der Waals surface area (Å²) in [4.78, 5) is 1.56. The van der Waals surface area contributed by atoms with Crippen LogP contribution in [-0.2, 0) is 0 Å². The molecule has 1 aliphatic rings. The lowest BCUT2D eigenvalue weighted by atomic mass is 9.85. The first-order valence-corrected chi connectivity index (χ1v) is 7.76. The van der Waals surface area contributed by atoms with Crippen molar-refractivity contribution in [2.45, 2.75) is 52.6 Å². The molecule has 0 saturated heterocycles. The van der Waals surface area contributed by atoms with Crippen molar-refractivity contribution in [2.75, 3.05) is 32.7 Å². The van der Waals surface area contributed by atoms with Crippen molar-refractivity contribution in [3.8, 4) is 0 Å². The van der Waals surface area contributed by atoms with E-state index in [0.717, 1.165) is 38.8 Å². The van der Waals surface area contributed by atoms with Crippen molar-refractivity contribution in [1.29, 1.82) is 0 Å². The Morgan fingerprint density at radius 1 is 1.20 bits per heavy atom. The van der Waals surface area contributed by atoms with Crippen LogP contribution in [0.5, 0.6) is 0 Å². The van der Waals surface area contributed by atoms with Gasteiger partial charge in [-0.05, 0) is 37.3 Å². The molecule has 2 nitrogen and oxygen atoms in total. The van der Waals surface area contributed by atoms with Gasteiger partial charge in [0.1, 0.15) is 0 Å². The first-order chi connectivity index (χ1) is 9.26. The van der Waals surface area contributed by atoms with E-state index in [9.17, 15) is 13.2 Å². The summed E-state index contributed by atoms with van der Waals surface area (Å²) in [5.41, 5.74) is 0.0378. The number of alkyl halides is 3. The molecule has 5 heteroatoms. The Bertz CT molecular complexity index is 271. The van der Waals surface area contributed by atoms with Gasteiger partial charge in [-0.1, -0.05) is 33.6 Å². The summed E-state index contributed by atoms with van der Waals surface area (Å²) < 4.78 is 37.8. The highest BCUT2D eigenvalue weighted by Crippen LogP contribution is 2.38. The van der Waals surface area contributed by atoms with E-state index in [4.69, 9.17) is 0 Å². The van der Waals surface area contributed by atoms with Gasteiger partial charge >= 0.3 is 6.18 Å². The summed E-state index contributed by atoms with van der Waals surface area (Å²) in [6.07, 6.45) is 0.292. The smallest absolute Gasteiger partial charge is 0.316 e. The zero-order valence-corrected chi connectivity index (χ0v) is 13.0. The molecule has 0 aromatic heterocycles. The lowest BCUT2D eigenvalue weighted by Crippen LogP contribution is -2.46. The Morgan fingerprint density at radius 3 is 2.25 bits per heavy atom. The zero-order valence-electron chi connectivity index (χ0n) is 13.0. The maximum atomic E-state index is 12.6. The predicted octanol–water partition coefficient (Wildman–Crippen LogP) is 3.68. The molecular weight excluding hydrogens is 265 g/mol. The van der Waals surface area contributed by atoms with Crippen LogP contribution < -0.4 is 5.32 Å². The summed E-state index contributed by atoms with van der Waals surface area (Å²) >= 11 is 0. The summed E-state index contributed by atoms with van der Waals surface area (Å²) in [7, 11) is 0. The first-order valence-electron chi connectivity index (χ1n) is 7.76. The monoisotopic (exact) mass is 294 g/mol. The van der Waals surface area contributed by atoms with Crippen LogP contribution in [0, 0.1) is 11.3 Å². The molecule has 1 N–H and O–H groups in total. The number of halogens is 3. The van der Waals surface area contributed by atoms with E-state index >= 15 is 0 Å². The van der Waals surface area contributed by atoms with Crippen LogP contribution >= 0.6 is 0 Å².